The minimum absolute atomic E-state index is 0.216. The zero-order chi connectivity index (χ0) is 21.6. The van der Waals surface area contributed by atoms with Gasteiger partial charge in [0, 0.05) is 24.3 Å². The van der Waals surface area contributed by atoms with E-state index >= 15 is 0 Å². The zero-order valence-electron chi connectivity index (χ0n) is 16.7. The number of amides is 3. The molecule has 2 aromatic rings. The van der Waals surface area contributed by atoms with Crippen LogP contribution >= 0.6 is 0 Å². The molecule has 3 amide bonds. The molecule has 29 heavy (non-hydrogen) atoms. The molecular formula is C20H26N4O4S. The molecule has 9 heteroatoms. The number of benzene rings is 2. The largest absolute Gasteiger partial charge is 0.351 e. The van der Waals surface area contributed by atoms with E-state index in [1.54, 1.807) is 63.2 Å². The predicted molar refractivity (Wildman–Crippen MR) is 112 cm³/mol. The average Bonchev–Trinajstić information content (AvgIpc) is 2.68. The van der Waals surface area contributed by atoms with E-state index in [9.17, 15) is 18.0 Å². The van der Waals surface area contributed by atoms with E-state index < -0.39 is 16.1 Å². The van der Waals surface area contributed by atoms with Crippen LogP contribution in [0.15, 0.2) is 53.4 Å². The van der Waals surface area contributed by atoms with Crippen molar-refractivity contribution in [2.75, 3.05) is 18.4 Å². The second-order valence-electron chi connectivity index (χ2n) is 6.42. The number of nitrogens with two attached hydrogens (primary N) is 1. The van der Waals surface area contributed by atoms with E-state index in [-0.39, 0.29) is 16.8 Å². The first-order chi connectivity index (χ1) is 13.7. The Morgan fingerprint density at radius 3 is 2.24 bits per heavy atom. The van der Waals surface area contributed by atoms with Crippen molar-refractivity contribution in [2.45, 2.75) is 31.7 Å². The summed E-state index contributed by atoms with van der Waals surface area (Å²) >= 11 is 0. The molecule has 0 saturated carbocycles. The summed E-state index contributed by atoms with van der Waals surface area (Å²) in [6.07, 6.45) is 0. The fraction of sp³-hybridized carbons (Fsp3) is 0.300. The van der Waals surface area contributed by atoms with Crippen LogP contribution in [0.3, 0.4) is 0 Å². The van der Waals surface area contributed by atoms with Crippen molar-refractivity contribution in [3.8, 4) is 0 Å². The number of nitrogens with one attached hydrogen (secondary N) is 2. The number of carbonyl (C=O) groups excluding carboxylic acids is 2. The molecule has 0 fully saturated rings. The van der Waals surface area contributed by atoms with Crippen molar-refractivity contribution in [2.24, 2.45) is 5.73 Å². The molecule has 2 aromatic carbocycles. The highest BCUT2D eigenvalue weighted by molar-refractivity contribution is 7.89. The lowest BCUT2D eigenvalue weighted by Gasteiger charge is -2.19. The summed E-state index contributed by atoms with van der Waals surface area (Å²) in [7, 11) is -3.52. The van der Waals surface area contributed by atoms with Gasteiger partial charge < -0.3 is 16.4 Å². The fourth-order valence-electron chi connectivity index (χ4n) is 2.88. The van der Waals surface area contributed by atoms with Crippen LogP contribution in [0.5, 0.6) is 0 Å². The maximum absolute atomic E-state index is 12.6. The number of hydrogen-bond acceptors (Lipinski definition) is 4. The monoisotopic (exact) mass is 418 g/mol. The first-order valence-electron chi connectivity index (χ1n) is 9.26. The molecule has 0 spiro atoms. The third-order valence-corrected chi connectivity index (χ3v) is 6.53. The van der Waals surface area contributed by atoms with Crippen LogP contribution in [0.25, 0.3) is 0 Å². The summed E-state index contributed by atoms with van der Waals surface area (Å²) in [5.74, 6) is -0.328. The summed E-state index contributed by atoms with van der Waals surface area (Å²) < 4.78 is 26.5. The summed E-state index contributed by atoms with van der Waals surface area (Å²) in [4.78, 5) is 23.7. The van der Waals surface area contributed by atoms with Gasteiger partial charge in [-0.05, 0) is 42.8 Å². The third-order valence-electron chi connectivity index (χ3n) is 4.46. The van der Waals surface area contributed by atoms with Gasteiger partial charge in [0.05, 0.1) is 10.9 Å². The Kier molecular flexibility index (Phi) is 7.35. The Balaban J connectivity index is 2.12. The van der Waals surface area contributed by atoms with Gasteiger partial charge in [-0.15, -0.1) is 0 Å². The number of carbonyl (C=O) groups is 2. The number of urea groups is 1. The van der Waals surface area contributed by atoms with Gasteiger partial charge in [0.15, 0.2) is 0 Å². The van der Waals surface area contributed by atoms with Crippen molar-refractivity contribution in [1.29, 1.82) is 0 Å². The average molecular weight is 419 g/mol. The maximum Gasteiger partial charge on any atom is 0.316 e. The van der Waals surface area contributed by atoms with Gasteiger partial charge in [-0.1, -0.05) is 32.0 Å². The van der Waals surface area contributed by atoms with Gasteiger partial charge in [0.25, 0.3) is 5.91 Å². The number of rotatable bonds is 8. The molecule has 0 aliphatic rings. The smallest absolute Gasteiger partial charge is 0.316 e. The molecule has 8 nitrogen and oxygen atoms in total. The minimum Gasteiger partial charge on any atom is -0.351 e. The number of hydrogen-bond donors (Lipinski definition) is 3. The summed E-state index contributed by atoms with van der Waals surface area (Å²) in [5, 5.41) is 5.28. The summed E-state index contributed by atoms with van der Waals surface area (Å²) in [5.41, 5.74) is 6.64. The highest BCUT2D eigenvalue weighted by atomic mass is 32.2. The third kappa shape index (κ3) is 5.55. The van der Waals surface area contributed by atoms with Crippen LogP contribution in [0.2, 0.25) is 0 Å². The van der Waals surface area contributed by atoms with Gasteiger partial charge in [0.2, 0.25) is 10.0 Å². The Labute approximate surface area is 171 Å². The highest BCUT2D eigenvalue weighted by Crippen LogP contribution is 2.20. The van der Waals surface area contributed by atoms with Crippen molar-refractivity contribution < 1.29 is 18.0 Å². The SMILES string of the molecule is CCN(CC)S(=O)(=O)c1ccc([C@H](C)NC(=O)c2cccc(NC(N)=O)c2)cc1. The first kappa shape index (κ1) is 22.4. The molecule has 0 radical (unpaired) electrons. The van der Waals surface area contributed by atoms with Gasteiger partial charge in [-0.25, -0.2) is 13.2 Å². The van der Waals surface area contributed by atoms with Crippen LogP contribution in [0, 0.1) is 0 Å². The second kappa shape index (κ2) is 9.53. The molecule has 0 heterocycles. The number of anilines is 1. The lowest BCUT2D eigenvalue weighted by Crippen LogP contribution is -2.30. The molecule has 0 bridgehead atoms. The molecule has 0 aliphatic heterocycles. The fourth-order valence-corrected chi connectivity index (χ4v) is 4.34. The molecule has 2 rings (SSSR count). The lowest BCUT2D eigenvalue weighted by atomic mass is 10.1. The molecular weight excluding hydrogens is 392 g/mol. The highest BCUT2D eigenvalue weighted by Gasteiger charge is 2.21. The van der Waals surface area contributed by atoms with Crippen LogP contribution in [0.4, 0.5) is 10.5 Å². The van der Waals surface area contributed by atoms with Gasteiger partial charge in [-0.2, -0.15) is 4.31 Å². The number of sulfonamides is 1. The predicted octanol–water partition coefficient (Wildman–Crippen LogP) is 2.70. The Hall–Kier alpha value is -2.91. The van der Waals surface area contributed by atoms with Gasteiger partial charge in [-0.3, -0.25) is 4.79 Å². The molecule has 0 unspecified atom stereocenters. The minimum atomic E-state index is -3.52. The molecule has 4 N–H and O–H groups in total. The second-order valence-corrected chi connectivity index (χ2v) is 8.36. The van der Waals surface area contributed by atoms with E-state index in [0.717, 1.165) is 5.56 Å². The summed E-state index contributed by atoms with van der Waals surface area (Å²) in [6.45, 7) is 6.19. The van der Waals surface area contributed by atoms with E-state index in [4.69, 9.17) is 5.73 Å². The zero-order valence-corrected chi connectivity index (χ0v) is 17.5. The maximum atomic E-state index is 12.6. The van der Waals surface area contributed by atoms with Crippen molar-refractivity contribution >= 4 is 27.6 Å². The van der Waals surface area contributed by atoms with Crippen LogP contribution in [-0.2, 0) is 10.0 Å². The summed E-state index contributed by atoms with van der Waals surface area (Å²) in [6, 6.07) is 11.8. The van der Waals surface area contributed by atoms with Crippen molar-refractivity contribution in [3.05, 3.63) is 59.7 Å². The van der Waals surface area contributed by atoms with Crippen LogP contribution in [0.1, 0.15) is 42.7 Å². The molecule has 156 valence electrons. The van der Waals surface area contributed by atoms with E-state index in [0.29, 0.717) is 24.3 Å². The van der Waals surface area contributed by atoms with E-state index in [1.165, 1.54) is 10.4 Å². The van der Waals surface area contributed by atoms with Gasteiger partial charge in [0.1, 0.15) is 0 Å². The van der Waals surface area contributed by atoms with Crippen molar-refractivity contribution in [3.63, 3.8) is 0 Å². The number of primary amides is 1. The van der Waals surface area contributed by atoms with E-state index in [2.05, 4.69) is 10.6 Å². The lowest BCUT2D eigenvalue weighted by molar-refractivity contribution is 0.0940. The molecule has 0 aromatic heterocycles. The quantitative estimate of drug-likeness (QED) is 0.610. The molecule has 1 atom stereocenters. The normalized spacial score (nSPS) is 12.4. The van der Waals surface area contributed by atoms with Crippen LogP contribution in [-0.4, -0.2) is 37.8 Å². The first-order valence-corrected chi connectivity index (χ1v) is 10.7. The topological polar surface area (TPSA) is 122 Å². The number of nitrogens with zero attached hydrogens (tertiary/aromatic N) is 1. The van der Waals surface area contributed by atoms with Crippen molar-refractivity contribution in [1.82, 2.24) is 9.62 Å². The molecule has 0 saturated heterocycles. The Bertz CT molecular complexity index is 970. The Morgan fingerprint density at radius 2 is 1.69 bits per heavy atom. The standard InChI is InChI=1S/C20H26N4O4S/c1-4-24(5-2)29(27,28)18-11-9-15(10-12-18)14(3)22-19(25)16-7-6-8-17(13-16)23-20(21)26/h6-14H,4-5H2,1-3H3,(H,22,25)(H3,21,23,26)/t14-/m0/s1. The molecule has 0 aliphatic carbocycles. The van der Waals surface area contributed by atoms with Crippen LogP contribution < -0.4 is 16.4 Å². The van der Waals surface area contributed by atoms with Gasteiger partial charge >= 0.3 is 6.03 Å². The van der Waals surface area contributed by atoms with E-state index in [1.807, 2.05) is 0 Å². The Morgan fingerprint density at radius 1 is 1.07 bits per heavy atom.